The Bertz CT molecular complexity index is 898. The number of nitro groups is 1. The van der Waals surface area contributed by atoms with Gasteiger partial charge in [-0.15, -0.1) is 0 Å². The van der Waals surface area contributed by atoms with E-state index in [0.717, 1.165) is 12.7 Å². The van der Waals surface area contributed by atoms with E-state index in [0.29, 0.717) is 11.3 Å². The van der Waals surface area contributed by atoms with Crippen molar-refractivity contribution in [2.45, 2.75) is 18.7 Å². The molecule has 0 radical (unpaired) electrons. The Kier molecular flexibility index (Phi) is 4.90. The predicted octanol–water partition coefficient (Wildman–Crippen LogP) is 2.83. The topological polar surface area (TPSA) is 113 Å². The van der Waals surface area contributed by atoms with E-state index in [-0.39, 0.29) is 15.3 Å². The Balaban J connectivity index is 2.57. The molecule has 24 heavy (non-hydrogen) atoms. The summed E-state index contributed by atoms with van der Waals surface area (Å²) < 4.78 is 34.2. The van der Waals surface area contributed by atoms with Crippen LogP contribution in [0.1, 0.15) is 20.8 Å². The van der Waals surface area contributed by atoms with Gasteiger partial charge in [0.15, 0.2) is 0 Å². The lowest BCUT2D eigenvalue weighted by Gasteiger charge is -2.07. The molecule has 0 amide bonds. The van der Waals surface area contributed by atoms with Crippen molar-refractivity contribution < 1.29 is 27.1 Å². The third-order valence-electron chi connectivity index (χ3n) is 3.08. The highest BCUT2D eigenvalue weighted by atomic mass is 32.2. The quantitative estimate of drug-likeness (QED) is 0.344. The second kappa shape index (κ2) is 6.57. The lowest BCUT2D eigenvalue weighted by atomic mass is 10.2. The number of nitrogens with zero attached hydrogens (tertiary/aromatic N) is 1. The summed E-state index contributed by atoms with van der Waals surface area (Å²) in [6.45, 7) is 3.22. The molecular weight excluding hydrogens is 358 g/mol. The first kappa shape index (κ1) is 17.9. The summed E-state index contributed by atoms with van der Waals surface area (Å²) in [5, 5.41) is 10.6. The van der Waals surface area contributed by atoms with E-state index in [4.69, 9.17) is 4.18 Å². The number of rotatable bonds is 5. The summed E-state index contributed by atoms with van der Waals surface area (Å²) in [6.07, 6.45) is 0. The number of esters is 1. The molecule has 0 fully saturated rings. The first-order valence-corrected chi connectivity index (χ1v) is 8.77. The molecule has 2 aromatic rings. The van der Waals surface area contributed by atoms with Crippen molar-refractivity contribution in [1.82, 2.24) is 0 Å². The molecular formula is C14H13NO7S2. The van der Waals surface area contributed by atoms with Gasteiger partial charge in [0.2, 0.25) is 5.75 Å². The summed E-state index contributed by atoms with van der Waals surface area (Å²) in [4.78, 5) is 22.2. The first-order chi connectivity index (χ1) is 11.2. The molecule has 0 bridgehead atoms. The molecule has 0 spiro atoms. The van der Waals surface area contributed by atoms with E-state index in [9.17, 15) is 23.3 Å². The van der Waals surface area contributed by atoms with Crippen LogP contribution in [0, 0.1) is 24.0 Å². The Morgan fingerprint density at radius 1 is 1.21 bits per heavy atom. The van der Waals surface area contributed by atoms with E-state index >= 15 is 0 Å². The molecule has 2 rings (SSSR count). The highest BCUT2D eigenvalue weighted by Gasteiger charge is 2.34. The highest BCUT2D eigenvalue weighted by Crippen LogP contribution is 2.43. The molecule has 1 aromatic heterocycles. The van der Waals surface area contributed by atoms with Crippen molar-refractivity contribution in [3.63, 3.8) is 0 Å². The smallest absolute Gasteiger partial charge is 0.368 e. The number of hydrogen-bond acceptors (Lipinski definition) is 8. The molecule has 0 aliphatic rings. The maximum absolute atomic E-state index is 12.4. The van der Waals surface area contributed by atoms with Gasteiger partial charge in [0.05, 0.1) is 12.0 Å². The zero-order valence-electron chi connectivity index (χ0n) is 12.9. The van der Waals surface area contributed by atoms with E-state index in [1.54, 1.807) is 19.1 Å². The number of thiophene rings is 1. The molecule has 0 saturated carbocycles. The van der Waals surface area contributed by atoms with Crippen molar-refractivity contribution in [1.29, 1.82) is 0 Å². The molecule has 0 unspecified atom stereocenters. The number of carbonyl (C=O) groups excluding carboxylic acids is 1. The lowest BCUT2D eigenvalue weighted by Crippen LogP contribution is -2.13. The number of aryl methyl sites for hydroxylation is 2. The minimum Gasteiger partial charge on any atom is -0.465 e. The van der Waals surface area contributed by atoms with Gasteiger partial charge in [-0.25, -0.2) is 4.79 Å². The van der Waals surface area contributed by atoms with Crippen LogP contribution in [0.15, 0.2) is 29.2 Å². The van der Waals surface area contributed by atoms with Crippen molar-refractivity contribution in [2.75, 3.05) is 7.11 Å². The van der Waals surface area contributed by atoms with Crippen LogP contribution in [0.25, 0.3) is 0 Å². The van der Waals surface area contributed by atoms with E-state index in [1.807, 2.05) is 0 Å². The number of ether oxygens (including phenoxy) is 1. The van der Waals surface area contributed by atoms with Crippen LogP contribution in [0.4, 0.5) is 5.00 Å². The molecule has 128 valence electrons. The van der Waals surface area contributed by atoms with Crippen LogP contribution in [0.3, 0.4) is 0 Å². The van der Waals surface area contributed by atoms with E-state index < -0.39 is 31.8 Å². The van der Waals surface area contributed by atoms with Crippen LogP contribution < -0.4 is 4.18 Å². The number of benzene rings is 1. The molecule has 1 aromatic carbocycles. The second-order valence-corrected chi connectivity index (χ2v) is 7.52. The Hall–Kier alpha value is -2.46. The fourth-order valence-corrected chi connectivity index (χ4v) is 3.79. The van der Waals surface area contributed by atoms with Crippen LogP contribution in [0.5, 0.6) is 5.75 Å². The monoisotopic (exact) mass is 371 g/mol. The van der Waals surface area contributed by atoms with E-state index in [2.05, 4.69) is 4.74 Å². The zero-order chi connectivity index (χ0) is 18.1. The second-order valence-electron chi connectivity index (χ2n) is 4.77. The SMILES string of the molecule is COC(=O)c1c(C)sc([N+](=O)[O-])c1OS(=O)(=O)c1ccc(C)cc1. The summed E-state index contributed by atoms with van der Waals surface area (Å²) in [5.41, 5.74) is 0.562. The first-order valence-electron chi connectivity index (χ1n) is 6.54. The minimum atomic E-state index is -4.34. The fourth-order valence-electron chi connectivity index (χ4n) is 1.91. The molecule has 0 N–H and O–H groups in total. The van der Waals surface area contributed by atoms with E-state index in [1.165, 1.54) is 19.1 Å². The van der Waals surface area contributed by atoms with Crippen LogP contribution in [-0.4, -0.2) is 26.4 Å². The van der Waals surface area contributed by atoms with Gasteiger partial charge in [-0.05, 0) is 26.0 Å². The maximum Gasteiger partial charge on any atom is 0.368 e. The van der Waals surface area contributed by atoms with Crippen LogP contribution in [-0.2, 0) is 14.9 Å². The third kappa shape index (κ3) is 3.39. The van der Waals surface area contributed by atoms with Gasteiger partial charge in [-0.1, -0.05) is 29.0 Å². The van der Waals surface area contributed by atoms with Crippen LogP contribution in [0.2, 0.25) is 0 Å². The summed E-state index contributed by atoms with van der Waals surface area (Å²) in [5.74, 6) is -1.54. The van der Waals surface area contributed by atoms with Gasteiger partial charge in [0.1, 0.15) is 10.5 Å². The average molecular weight is 371 g/mol. The highest BCUT2D eigenvalue weighted by molar-refractivity contribution is 7.87. The largest absolute Gasteiger partial charge is 0.465 e. The molecule has 0 aliphatic carbocycles. The number of methoxy groups -OCH3 is 1. The molecule has 10 heteroatoms. The Morgan fingerprint density at radius 2 is 1.79 bits per heavy atom. The summed E-state index contributed by atoms with van der Waals surface area (Å²) in [7, 11) is -3.26. The van der Waals surface area contributed by atoms with Gasteiger partial charge in [-0.3, -0.25) is 10.1 Å². The fraction of sp³-hybridized carbons (Fsp3) is 0.214. The predicted molar refractivity (Wildman–Crippen MR) is 86.0 cm³/mol. The minimum absolute atomic E-state index is 0.179. The van der Waals surface area contributed by atoms with Gasteiger partial charge < -0.3 is 8.92 Å². The van der Waals surface area contributed by atoms with Crippen molar-refractivity contribution in [3.05, 3.63) is 50.4 Å². The average Bonchev–Trinajstić information content (AvgIpc) is 2.83. The number of carbonyl (C=O) groups is 1. The van der Waals surface area contributed by atoms with Crippen molar-refractivity contribution >= 4 is 32.4 Å². The summed E-state index contributed by atoms with van der Waals surface area (Å²) in [6, 6.07) is 5.75. The standard InChI is InChI=1S/C14H13NO7S2/c1-8-4-6-10(7-5-8)24(19,20)22-12-11(14(16)21-3)9(2)23-13(12)15(17)18/h4-7H,1-3H3. The molecule has 8 nitrogen and oxygen atoms in total. The van der Waals surface area contributed by atoms with Gasteiger partial charge in [0, 0.05) is 4.88 Å². The van der Waals surface area contributed by atoms with Crippen molar-refractivity contribution in [2.24, 2.45) is 0 Å². The normalized spacial score (nSPS) is 11.1. The molecule has 0 atom stereocenters. The summed E-state index contributed by atoms with van der Waals surface area (Å²) >= 11 is 0.642. The Morgan fingerprint density at radius 3 is 2.29 bits per heavy atom. The molecule has 0 saturated heterocycles. The third-order valence-corrected chi connectivity index (χ3v) is 5.35. The number of hydrogen-bond donors (Lipinski definition) is 0. The van der Waals surface area contributed by atoms with Gasteiger partial charge in [0.25, 0.3) is 0 Å². The Labute approximate surface area is 141 Å². The maximum atomic E-state index is 12.4. The van der Waals surface area contributed by atoms with Crippen LogP contribution >= 0.6 is 11.3 Å². The van der Waals surface area contributed by atoms with Crippen molar-refractivity contribution in [3.8, 4) is 5.75 Å². The molecule has 0 aliphatic heterocycles. The van der Waals surface area contributed by atoms with Gasteiger partial charge in [-0.2, -0.15) is 8.42 Å². The zero-order valence-corrected chi connectivity index (χ0v) is 14.6. The lowest BCUT2D eigenvalue weighted by molar-refractivity contribution is -0.380. The van der Waals surface area contributed by atoms with Gasteiger partial charge >= 0.3 is 21.1 Å². The molecule has 1 heterocycles.